The standard InChI is InChI=1S/C14H22N4O/c15-12-4-5-13(17-11-12)10-14(19)16-6-3-9-18-7-1-2-8-18/h4-5,11H,1-3,6-10,15H2,(H,16,19). The van der Waals surface area contributed by atoms with Gasteiger partial charge in [-0.3, -0.25) is 9.78 Å². The Bertz CT molecular complexity index is 398. The third-order valence-electron chi connectivity index (χ3n) is 3.36. The second-order valence-electron chi connectivity index (χ2n) is 5.01. The van der Waals surface area contributed by atoms with E-state index in [0.717, 1.165) is 25.2 Å². The molecule has 3 N–H and O–H groups in total. The highest BCUT2D eigenvalue weighted by Gasteiger charge is 2.10. The number of hydrogen-bond acceptors (Lipinski definition) is 4. The average molecular weight is 262 g/mol. The van der Waals surface area contributed by atoms with Crippen molar-refractivity contribution < 1.29 is 4.79 Å². The van der Waals surface area contributed by atoms with Crippen LogP contribution in [0, 0.1) is 0 Å². The van der Waals surface area contributed by atoms with Gasteiger partial charge in [0.05, 0.1) is 18.3 Å². The number of hydrogen-bond donors (Lipinski definition) is 2. The molecule has 0 aliphatic carbocycles. The Labute approximate surface area is 114 Å². The van der Waals surface area contributed by atoms with Gasteiger partial charge >= 0.3 is 0 Å². The van der Waals surface area contributed by atoms with Crippen molar-refractivity contribution in [1.82, 2.24) is 15.2 Å². The smallest absolute Gasteiger partial charge is 0.226 e. The molecule has 0 atom stereocenters. The molecule has 1 amide bonds. The van der Waals surface area contributed by atoms with Crippen molar-refractivity contribution in [2.45, 2.75) is 25.7 Å². The fraction of sp³-hybridized carbons (Fsp3) is 0.571. The molecule has 0 radical (unpaired) electrons. The summed E-state index contributed by atoms with van der Waals surface area (Å²) in [6.45, 7) is 4.25. The van der Waals surface area contributed by atoms with Crippen molar-refractivity contribution in [3.63, 3.8) is 0 Å². The first-order valence-corrected chi connectivity index (χ1v) is 6.93. The van der Waals surface area contributed by atoms with E-state index in [0.29, 0.717) is 12.1 Å². The molecule has 1 aromatic heterocycles. The topological polar surface area (TPSA) is 71.2 Å². The molecule has 2 rings (SSSR count). The first-order chi connectivity index (χ1) is 9.24. The summed E-state index contributed by atoms with van der Waals surface area (Å²) in [6.07, 6.45) is 5.55. The molecule has 1 aliphatic heterocycles. The Morgan fingerprint density at radius 3 is 2.84 bits per heavy atom. The van der Waals surface area contributed by atoms with Gasteiger partial charge in [0.2, 0.25) is 5.91 Å². The normalized spacial score (nSPS) is 15.6. The van der Waals surface area contributed by atoms with Gasteiger partial charge in [-0.25, -0.2) is 0 Å². The molecule has 0 saturated carbocycles. The Balaban J connectivity index is 1.60. The highest BCUT2D eigenvalue weighted by molar-refractivity contribution is 5.78. The maximum atomic E-state index is 11.7. The van der Waals surface area contributed by atoms with Crippen molar-refractivity contribution in [2.75, 3.05) is 31.9 Å². The van der Waals surface area contributed by atoms with Gasteiger partial charge in [0.15, 0.2) is 0 Å². The number of carbonyl (C=O) groups excluding carboxylic acids is 1. The molecule has 0 unspecified atom stereocenters. The van der Waals surface area contributed by atoms with E-state index in [1.165, 1.54) is 25.9 Å². The minimum atomic E-state index is 0.0266. The molecule has 1 saturated heterocycles. The number of anilines is 1. The third kappa shape index (κ3) is 4.87. The summed E-state index contributed by atoms with van der Waals surface area (Å²) in [5.74, 6) is 0.0266. The first-order valence-electron chi connectivity index (χ1n) is 6.93. The summed E-state index contributed by atoms with van der Waals surface area (Å²) in [6, 6.07) is 3.56. The molecule has 5 heteroatoms. The highest BCUT2D eigenvalue weighted by Crippen LogP contribution is 2.07. The number of nitrogens with two attached hydrogens (primary N) is 1. The summed E-state index contributed by atoms with van der Waals surface area (Å²) in [5.41, 5.74) is 6.92. The summed E-state index contributed by atoms with van der Waals surface area (Å²) in [5, 5.41) is 2.93. The van der Waals surface area contributed by atoms with Gasteiger partial charge < -0.3 is 16.0 Å². The Morgan fingerprint density at radius 2 is 2.16 bits per heavy atom. The number of nitrogens with zero attached hydrogens (tertiary/aromatic N) is 2. The van der Waals surface area contributed by atoms with Crippen LogP contribution in [0.15, 0.2) is 18.3 Å². The number of carbonyl (C=O) groups is 1. The molecule has 1 aliphatic rings. The lowest BCUT2D eigenvalue weighted by molar-refractivity contribution is -0.120. The Kier molecular flexibility index (Phi) is 5.15. The third-order valence-corrected chi connectivity index (χ3v) is 3.36. The Morgan fingerprint density at radius 1 is 1.37 bits per heavy atom. The molecular weight excluding hydrogens is 240 g/mol. The maximum absolute atomic E-state index is 11.7. The van der Waals surface area contributed by atoms with E-state index >= 15 is 0 Å². The zero-order chi connectivity index (χ0) is 13.5. The SMILES string of the molecule is Nc1ccc(CC(=O)NCCCN2CCCC2)nc1. The van der Waals surface area contributed by atoms with Crippen LogP contribution in [0.1, 0.15) is 25.0 Å². The summed E-state index contributed by atoms with van der Waals surface area (Å²) in [7, 11) is 0. The average Bonchev–Trinajstić information content (AvgIpc) is 2.91. The Hall–Kier alpha value is -1.62. The lowest BCUT2D eigenvalue weighted by Crippen LogP contribution is -2.29. The number of likely N-dealkylation sites (tertiary alicyclic amines) is 1. The second-order valence-corrected chi connectivity index (χ2v) is 5.01. The summed E-state index contributed by atoms with van der Waals surface area (Å²) < 4.78 is 0. The van der Waals surface area contributed by atoms with Crippen molar-refractivity contribution in [1.29, 1.82) is 0 Å². The molecule has 1 aromatic rings. The van der Waals surface area contributed by atoms with Crippen molar-refractivity contribution in [3.8, 4) is 0 Å². The van der Waals surface area contributed by atoms with Crippen molar-refractivity contribution in [3.05, 3.63) is 24.0 Å². The number of aromatic nitrogens is 1. The number of amides is 1. The van der Waals surface area contributed by atoms with E-state index in [4.69, 9.17) is 5.73 Å². The maximum Gasteiger partial charge on any atom is 0.226 e. The van der Waals surface area contributed by atoms with E-state index in [1.807, 2.05) is 0 Å². The van der Waals surface area contributed by atoms with Crippen LogP contribution in [0.3, 0.4) is 0 Å². The largest absolute Gasteiger partial charge is 0.397 e. The lowest BCUT2D eigenvalue weighted by atomic mass is 10.2. The number of nitrogen functional groups attached to an aromatic ring is 1. The number of nitrogens with one attached hydrogen (secondary N) is 1. The van der Waals surface area contributed by atoms with Crippen LogP contribution in [0.4, 0.5) is 5.69 Å². The minimum absolute atomic E-state index is 0.0266. The van der Waals surface area contributed by atoms with Crippen LogP contribution >= 0.6 is 0 Å². The fourth-order valence-electron chi connectivity index (χ4n) is 2.30. The molecule has 2 heterocycles. The minimum Gasteiger partial charge on any atom is -0.397 e. The molecule has 0 spiro atoms. The van der Waals surface area contributed by atoms with E-state index in [2.05, 4.69) is 15.2 Å². The van der Waals surface area contributed by atoms with Crippen LogP contribution in [0.2, 0.25) is 0 Å². The molecule has 5 nitrogen and oxygen atoms in total. The molecule has 19 heavy (non-hydrogen) atoms. The molecule has 0 bridgehead atoms. The van der Waals surface area contributed by atoms with Gasteiger partial charge in [0, 0.05) is 12.2 Å². The van der Waals surface area contributed by atoms with Gasteiger partial charge in [-0.05, 0) is 51.0 Å². The fourth-order valence-corrected chi connectivity index (χ4v) is 2.30. The number of pyridine rings is 1. The quantitative estimate of drug-likeness (QED) is 0.744. The van der Waals surface area contributed by atoms with Crippen LogP contribution in [-0.4, -0.2) is 42.0 Å². The van der Waals surface area contributed by atoms with Gasteiger partial charge in [-0.2, -0.15) is 0 Å². The highest BCUT2D eigenvalue weighted by atomic mass is 16.1. The second kappa shape index (κ2) is 7.09. The summed E-state index contributed by atoms with van der Waals surface area (Å²) in [4.78, 5) is 18.3. The molecule has 1 fully saturated rings. The van der Waals surface area contributed by atoms with Crippen LogP contribution < -0.4 is 11.1 Å². The van der Waals surface area contributed by atoms with Crippen molar-refractivity contribution >= 4 is 11.6 Å². The number of rotatable bonds is 6. The van der Waals surface area contributed by atoms with E-state index in [1.54, 1.807) is 18.3 Å². The van der Waals surface area contributed by atoms with Crippen LogP contribution in [-0.2, 0) is 11.2 Å². The molecular formula is C14H22N4O. The van der Waals surface area contributed by atoms with Crippen LogP contribution in [0.5, 0.6) is 0 Å². The summed E-state index contributed by atoms with van der Waals surface area (Å²) >= 11 is 0. The van der Waals surface area contributed by atoms with Gasteiger partial charge in [-0.15, -0.1) is 0 Å². The van der Waals surface area contributed by atoms with Gasteiger partial charge in [0.25, 0.3) is 0 Å². The van der Waals surface area contributed by atoms with Crippen molar-refractivity contribution in [2.24, 2.45) is 0 Å². The lowest BCUT2D eigenvalue weighted by Gasteiger charge is -2.14. The zero-order valence-corrected chi connectivity index (χ0v) is 11.3. The predicted octanol–water partition coefficient (Wildman–Crippen LogP) is 0.808. The first kappa shape index (κ1) is 13.8. The predicted molar refractivity (Wildman–Crippen MR) is 75.7 cm³/mol. The van der Waals surface area contributed by atoms with E-state index in [9.17, 15) is 4.79 Å². The molecule has 0 aromatic carbocycles. The zero-order valence-electron chi connectivity index (χ0n) is 11.3. The monoisotopic (exact) mass is 262 g/mol. The van der Waals surface area contributed by atoms with E-state index < -0.39 is 0 Å². The van der Waals surface area contributed by atoms with Crippen LogP contribution in [0.25, 0.3) is 0 Å². The van der Waals surface area contributed by atoms with Gasteiger partial charge in [0.1, 0.15) is 0 Å². The van der Waals surface area contributed by atoms with E-state index in [-0.39, 0.29) is 5.91 Å². The van der Waals surface area contributed by atoms with Gasteiger partial charge in [-0.1, -0.05) is 0 Å². The molecule has 104 valence electrons.